The van der Waals surface area contributed by atoms with Crippen LogP contribution in [0.3, 0.4) is 0 Å². The number of nitrogens with one attached hydrogen (secondary N) is 1. The molecule has 2 aromatic carbocycles. The van der Waals surface area contributed by atoms with E-state index in [1.54, 1.807) is 36.7 Å². The van der Waals surface area contributed by atoms with Crippen LogP contribution in [0.4, 0.5) is 0 Å². The third-order valence-corrected chi connectivity index (χ3v) is 3.62. The van der Waals surface area contributed by atoms with Crippen molar-refractivity contribution >= 4 is 12.4 Å². The smallest absolute Gasteiger partial charge is 0.124 e. The zero-order valence-electron chi connectivity index (χ0n) is 14.6. The predicted octanol–water partition coefficient (Wildman–Crippen LogP) is 3.00. The van der Waals surface area contributed by atoms with E-state index in [1.165, 1.54) is 0 Å². The van der Waals surface area contributed by atoms with Crippen molar-refractivity contribution in [2.24, 2.45) is 9.98 Å². The van der Waals surface area contributed by atoms with Gasteiger partial charge in [0.15, 0.2) is 0 Å². The molecular weight excluding hydrogens is 373 g/mol. The summed E-state index contributed by atoms with van der Waals surface area (Å²) in [7, 11) is 0. The molecule has 0 bridgehead atoms. The van der Waals surface area contributed by atoms with Crippen molar-refractivity contribution < 1.29 is 26.7 Å². The zero-order chi connectivity index (χ0) is 17.7. The summed E-state index contributed by atoms with van der Waals surface area (Å²) >= 11 is 0. The molecule has 0 heterocycles. The molecule has 0 amide bonds. The number of nitrogens with zero attached hydrogens (tertiary/aromatic N) is 2. The molecule has 0 aliphatic carbocycles. The summed E-state index contributed by atoms with van der Waals surface area (Å²) in [5, 5.41) is 22.6. The molecule has 2 aromatic rings. The largest absolute Gasteiger partial charge is 0.507 e. The van der Waals surface area contributed by atoms with Gasteiger partial charge in [0.25, 0.3) is 0 Å². The Hall–Kier alpha value is -2.17. The summed E-state index contributed by atoms with van der Waals surface area (Å²) in [5.41, 5.74) is 1.50. The van der Waals surface area contributed by atoms with Crippen LogP contribution in [-0.2, 0) is 16.5 Å². The Bertz CT molecular complexity index is 645. The predicted molar refractivity (Wildman–Crippen MR) is 103 cm³/mol. The number of hydrogen-bond donors (Lipinski definition) is 3. The van der Waals surface area contributed by atoms with Gasteiger partial charge in [-0.25, -0.2) is 0 Å². The van der Waals surface area contributed by atoms with Crippen molar-refractivity contribution in [3.8, 4) is 11.5 Å². The average Bonchev–Trinajstić information content (AvgIpc) is 2.62. The second-order valence-electron chi connectivity index (χ2n) is 5.65. The van der Waals surface area contributed by atoms with Crippen molar-refractivity contribution in [2.75, 3.05) is 26.2 Å². The molecular formula is C20H25N3NiO2. The Morgan fingerprint density at radius 1 is 0.731 bits per heavy atom. The van der Waals surface area contributed by atoms with E-state index in [2.05, 4.69) is 15.3 Å². The van der Waals surface area contributed by atoms with Crippen LogP contribution in [0.1, 0.15) is 24.0 Å². The van der Waals surface area contributed by atoms with Gasteiger partial charge in [-0.15, -0.1) is 0 Å². The van der Waals surface area contributed by atoms with Gasteiger partial charge in [0.1, 0.15) is 11.5 Å². The van der Waals surface area contributed by atoms with E-state index in [9.17, 15) is 10.2 Å². The SMILES string of the molecule is Oc1ccccc1C=NCCCNCCCN=Cc1ccccc1O.[Ni]. The molecule has 26 heavy (non-hydrogen) atoms. The van der Waals surface area contributed by atoms with Crippen LogP contribution in [0, 0.1) is 0 Å². The fraction of sp³-hybridized carbons (Fsp3) is 0.300. The normalized spacial score (nSPS) is 11.1. The van der Waals surface area contributed by atoms with Gasteiger partial charge in [-0.2, -0.15) is 0 Å². The number of rotatable bonds is 10. The Kier molecular flexibility index (Phi) is 11.0. The molecule has 0 radical (unpaired) electrons. The summed E-state index contributed by atoms with van der Waals surface area (Å²) in [6.45, 7) is 3.27. The summed E-state index contributed by atoms with van der Waals surface area (Å²) in [5.74, 6) is 0.516. The number of aromatic hydroxyl groups is 2. The molecule has 0 fully saturated rings. The molecule has 0 saturated carbocycles. The van der Waals surface area contributed by atoms with Crippen molar-refractivity contribution in [1.82, 2.24) is 5.32 Å². The number of benzene rings is 2. The summed E-state index contributed by atoms with van der Waals surface area (Å²) in [4.78, 5) is 8.64. The Labute approximate surface area is 164 Å². The van der Waals surface area contributed by atoms with E-state index in [-0.39, 0.29) is 28.0 Å². The minimum Gasteiger partial charge on any atom is -0.507 e. The summed E-state index contributed by atoms with van der Waals surface area (Å²) in [6.07, 6.45) is 5.32. The molecule has 0 aromatic heterocycles. The van der Waals surface area contributed by atoms with Crippen LogP contribution in [-0.4, -0.2) is 48.8 Å². The molecule has 5 nitrogen and oxygen atoms in total. The molecule has 142 valence electrons. The third-order valence-electron chi connectivity index (χ3n) is 3.62. The number of para-hydroxylation sites is 2. The van der Waals surface area contributed by atoms with Crippen LogP contribution in [0.25, 0.3) is 0 Å². The Morgan fingerprint density at radius 3 is 1.58 bits per heavy atom. The van der Waals surface area contributed by atoms with Crippen molar-refractivity contribution in [1.29, 1.82) is 0 Å². The third kappa shape index (κ3) is 8.28. The van der Waals surface area contributed by atoms with Gasteiger partial charge in [-0.3, -0.25) is 9.98 Å². The van der Waals surface area contributed by atoms with Crippen molar-refractivity contribution in [2.45, 2.75) is 12.8 Å². The first-order valence-electron chi connectivity index (χ1n) is 8.54. The molecule has 6 heteroatoms. The van der Waals surface area contributed by atoms with Gasteiger partial charge in [0, 0.05) is 53.1 Å². The van der Waals surface area contributed by atoms with Gasteiger partial charge < -0.3 is 15.5 Å². The van der Waals surface area contributed by atoms with Gasteiger partial charge in [0.2, 0.25) is 0 Å². The molecule has 0 aliphatic rings. The monoisotopic (exact) mass is 397 g/mol. The summed E-state index contributed by atoms with van der Waals surface area (Å²) in [6, 6.07) is 14.3. The van der Waals surface area contributed by atoms with E-state index >= 15 is 0 Å². The van der Waals surface area contributed by atoms with E-state index in [0.717, 1.165) is 50.1 Å². The fourth-order valence-electron chi connectivity index (χ4n) is 2.23. The van der Waals surface area contributed by atoms with E-state index in [4.69, 9.17) is 0 Å². The first-order chi connectivity index (χ1) is 12.3. The Balaban J connectivity index is 0.00000338. The maximum atomic E-state index is 9.61. The van der Waals surface area contributed by atoms with Crippen molar-refractivity contribution in [3.63, 3.8) is 0 Å². The topological polar surface area (TPSA) is 77.2 Å². The van der Waals surface area contributed by atoms with E-state index in [1.807, 2.05) is 24.3 Å². The van der Waals surface area contributed by atoms with Crippen LogP contribution >= 0.6 is 0 Å². The van der Waals surface area contributed by atoms with Crippen LogP contribution in [0.2, 0.25) is 0 Å². The molecule has 0 aliphatic heterocycles. The minimum absolute atomic E-state index is 0. The first-order valence-corrected chi connectivity index (χ1v) is 8.54. The quantitative estimate of drug-likeness (QED) is 0.327. The zero-order valence-corrected chi connectivity index (χ0v) is 15.6. The second-order valence-corrected chi connectivity index (χ2v) is 5.65. The Morgan fingerprint density at radius 2 is 1.15 bits per heavy atom. The van der Waals surface area contributed by atoms with Crippen LogP contribution in [0.5, 0.6) is 11.5 Å². The molecule has 0 atom stereocenters. The number of aliphatic imine (C=N–C) groups is 2. The van der Waals surface area contributed by atoms with Crippen molar-refractivity contribution in [3.05, 3.63) is 59.7 Å². The maximum Gasteiger partial charge on any atom is 0.124 e. The van der Waals surface area contributed by atoms with Gasteiger partial charge in [-0.1, -0.05) is 24.3 Å². The van der Waals surface area contributed by atoms with E-state index in [0.29, 0.717) is 0 Å². The number of hydrogen-bond acceptors (Lipinski definition) is 5. The van der Waals surface area contributed by atoms with Gasteiger partial charge in [0.05, 0.1) is 0 Å². The molecule has 0 unspecified atom stereocenters. The molecule has 3 N–H and O–H groups in total. The second kappa shape index (κ2) is 13.1. The molecule has 2 rings (SSSR count). The number of phenolic OH excluding ortho intramolecular Hbond substituents is 2. The summed E-state index contributed by atoms with van der Waals surface area (Å²) < 4.78 is 0. The van der Waals surface area contributed by atoms with Gasteiger partial charge in [-0.05, 0) is 50.2 Å². The minimum atomic E-state index is 0. The number of phenols is 2. The first kappa shape index (κ1) is 21.9. The van der Waals surface area contributed by atoms with Crippen LogP contribution < -0.4 is 5.32 Å². The van der Waals surface area contributed by atoms with Crippen LogP contribution in [0.15, 0.2) is 58.5 Å². The fourth-order valence-corrected chi connectivity index (χ4v) is 2.23. The van der Waals surface area contributed by atoms with Gasteiger partial charge >= 0.3 is 0 Å². The molecule has 0 spiro atoms. The standard InChI is InChI=1S/C20H25N3O2.Ni/c24-19-9-3-1-7-17(19)15-22-13-5-11-21-12-6-14-23-16-18-8-2-4-10-20(18)25;/h1-4,7-10,15-16,21,24-25H,5-6,11-14H2;. The average molecular weight is 398 g/mol. The maximum absolute atomic E-state index is 9.61. The van der Waals surface area contributed by atoms with E-state index < -0.39 is 0 Å². The molecule has 0 saturated heterocycles.